The molecule has 0 N–H and O–H groups in total. The molecular formula is C3H2BBrN2S. The number of nitrogens with zero attached hydrogens (tertiary/aromatic N) is 2. The molecule has 5 heteroatoms. The largest absolute Gasteiger partial charge is 0.159 e. The quantitative estimate of drug-likeness (QED) is 0.466. The third-order valence-electron chi connectivity index (χ3n) is 0.597. The van der Waals surface area contributed by atoms with E-state index < -0.39 is 0 Å². The predicted octanol–water partition coefficient (Wildman–Crippen LogP) is 0.227. The zero-order valence-corrected chi connectivity index (χ0v) is 6.37. The fourth-order valence-electron chi connectivity index (χ4n) is 0.321. The predicted molar refractivity (Wildman–Crippen MR) is 37.9 cm³/mol. The fraction of sp³-hybridized carbons (Fsp3) is 0.333. The van der Waals surface area contributed by atoms with E-state index >= 15 is 0 Å². The second kappa shape index (κ2) is 2.59. The van der Waals surface area contributed by atoms with E-state index in [-0.39, 0.29) is 0 Å². The normalized spacial score (nSPS) is 9.62. The lowest BCUT2D eigenvalue weighted by molar-refractivity contribution is 1.06. The van der Waals surface area contributed by atoms with E-state index in [0.717, 1.165) is 10.3 Å². The third kappa shape index (κ3) is 1.29. The van der Waals surface area contributed by atoms with Crippen molar-refractivity contribution in [3.63, 3.8) is 0 Å². The van der Waals surface area contributed by atoms with Crippen molar-refractivity contribution in [2.45, 2.75) is 5.33 Å². The van der Waals surface area contributed by atoms with Crippen molar-refractivity contribution in [1.29, 1.82) is 0 Å². The van der Waals surface area contributed by atoms with E-state index in [1.54, 1.807) is 0 Å². The molecule has 0 aliphatic rings. The molecule has 0 bridgehead atoms. The van der Waals surface area contributed by atoms with Gasteiger partial charge in [0.15, 0.2) is 7.85 Å². The maximum absolute atomic E-state index is 5.28. The Morgan fingerprint density at radius 3 is 2.62 bits per heavy atom. The minimum atomic E-state index is 0.527. The van der Waals surface area contributed by atoms with Crippen molar-refractivity contribution in [2.75, 3.05) is 0 Å². The molecule has 0 aromatic carbocycles. The molecule has 0 unspecified atom stereocenters. The number of halogens is 1. The van der Waals surface area contributed by atoms with E-state index in [2.05, 4.69) is 26.1 Å². The summed E-state index contributed by atoms with van der Waals surface area (Å²) >= 11 is 4.62. The molecule has 0 amide bonds. The SMILES string of the molecule is [B]c1nnc(CBr)s1. The van der Waals surface area contributed by atoms with Crippen LogP contribution in [0.15, 0.2) is 0 Å². The van der Waals surface area contributed by atoms with Crippen molar-refractivity contribution in [3.8, 4) is 0 Å². The van der Waals surface area contributed by atoms with Gasteiger partial charge in [0.2, 0.25) is 0 Å². The summed E-state index contributed by atoms with van der Waals surface area (Å²) in [5.74, 6) is 0. The van der Waals surface area contributed by atoms with Crippen LogP contribution in [0.5, 0.6) is 0 Å². The minimum absolute atomic E-state index is 0.527. The zero-order valence-electron chi connectivity index (χ0n) is 3.97. The van der Waals surface area contributed by atoms with Gasteiger partial charge in [-0.1, -0.05) is 15.9 Å². The highest BCUT2D eigenvalue weighted by Gasteiger charge is 1.94. The molecule has 0 spiro atoms. The summed E-state index contributed by atoms with van der Waals surface area (Å²) in [5.41, 5.74) is 0. The Morgan fingerprint density at radius 2 is 2.38 bits per heavy atom. The maximum Gasteiger partial charge on any atom is 0.159 e. The molecule has 1 rings (SSSR count). The second-order valence-corrected chi connectivity index (χ2v) is 2.82. The van der Waals surface area contributed by atoms with Crippen LogP contribution >= 0.6 is 27.3 Å². The summed E-state index contributed by atoms with van der Waals surface area (Å²) in [4.78, 5) is 0.527. The number of hydrogen-bond acceptors (Lipinski definition) is 3. The van der Waals surface area contributed by atoms with Crippen LogP contribution in [0.3, 0.4) is 0 Å². The Labute approximate surface area is 60.9 Å². The van der Waals surface area contributed by atoms with Gasteiger partial charge in [-0.15, -0.1) is 16.4 Å². The van der Waals surface area contributed by atoms with Crippen LogP contribution in [0, 0.1) is 0 Å². The average molecular weight is 189 g/mol. The van der Waals surface area contributed by atoms with E-state index in [9.17, 15) is 0 Å². The van der Waals surface area contributed by atoms with Crippen LogP contribution in [0.2, 0.25) is 0 Å². The Kier molecular flexibility index (Phi) is 2.02. The molecule has 2 nitrogen and oxygen atoms in total. The van der Waals surface area contributed by atoms with Crippen molar-refractivity contribution < 1.29 is 0 Å². The molecule has 1 heterocycles. The van der Waals surface area contributed by atoms with Gasteiger partial charge in [-0.2, -0.15) is 5.10 Å². The summed E-state index contributed by atoms with van der Waals surface area (Å²) in [5, 5.41) is 8.99. The molecule has 8 heavy (non-hydrogen) atoms. The summed E-state index contributed by atoms with van der Waals surface area (Å²) < 4.78 is 0. The molecule has 1 aromatic heterocycles. The van der Waals surface area contributed by atoms with Crippen molar-refractivity contribution in [1.82, 2.24) is 10.2 Å². The highest BCUT2D eigenvalue weighted by Crippen LogP contribution is 2.02. The Morgan fingerprint density at radius 1 is 1.62 bits per heavy atom. The average Bonchev–Trinajstić information content (AvgIpc) is 2.14. The molecular weight excluding hydrogens is 187 g/mol. The van der Waals surface area contributed by atoms with Gasteiger partial charge in [0.05, 0.1) is 10.2 Å². The molecule has 0 aliphatic heterocycles. The van der Waals surface area contributed by atoms with Gasteiger partial charge in [-0.25, -0.2) is 0 Å². The van der Waals surface area contributed by atoms with Crippen LogP contribution < -0.4 is 4.91 Å². The van der Waals surface area contributed by atoms with Crippen LogP contribution in [0.25, 0.3) is 0 Å². The van der Waals surface area contributed by atoms with Gasteiger partial charge in [0, 0.05) is 0 Å². The summed E-state index contributed by atoms with van der Waals surface area (Å²) in [7, 11) is 5.28. The van der Waals surface area contributed by atoms with Gasteiger partial charge in [0.1, 0.15) is 5.01 Å². The molecule has 1 aromatic rings. The lowest BCUT2D eigenvalue weighted by Crippen LogP contribution is -1.97. The number of aromatic nitrogens is 2. The van der Waals surface area contributed by atoms with Gasteiger partial charge >= 0.3 is 0 Å². The lowest BCUT2D eigenvalue weighted by Gasteiger charge is -1.74. The van der Waals surface area contributed by atoms with Gasteiger partial charge < -0.3 is 0 Å². The topological polar surface area (TPSA) is 25.8 Å². The Bertz CT molecular complexity index is 178. The molecule has 0 aliphatic carbocycles. The van der Waals surface area contributed by atoms with Crippen LogP contribution in [-0.2, 0) is 5.33 Å². The third-order valence-corrected chi connectivity index (χ3v) is 2.25. The molecule has 0 fully saturated rings. The van der Waals surface area contributed by atoms with Crippen LogP contribution in [0.1, 0.15) is 5.01 Å². The standard InChI is InChI=1S/C3H2BBrN2S/c4-3-7-6-2(1-5)8-3/h1H2. The van der Waals surface area contributed by atoms with E-state index in [0.29, 0.717) is 4.91 Å². The smallest absolute Gasteiger partial charge is 0.156 e. The summed E-state index contributed by atoms with van der Waals surface area (Å²) in [6, 6.07) is 0. The van der Waals surface area contributed by atoms with Crippen LogP contribution in [0.4, 0.5) is 0 Å². The maximum atomic E-state index is 5.28. The zero-order chi connectivity index (χ0) is 5.98. The van der Waals surface area contributed by atoms with Crippen molar-refractivity contribution in [2.24, 2.45) is 0 Å². The highest BCUT2D eigenvalue weighted by molar-refractivity contribution is 9.08. The van der Waals surface area contributed by atoms with E-state index in [1.165, 1.54) is 11.3 Å². The van der Waals surface area contributed by atoms with Crippen molar-refractivity contribution >= 4 is 40.0 Å². The fourth-order valence-corrected chi connectivity index (χ4v) is 1.24. The molecule has 0 saturated heterocycles. The number of rotatable bonds is 1. The second-order valence-electron chi connectivity index (χ2n) is 1.17. The monoisotopic (exact) mass is 188 g/mol. The number of hydrogen-bond donors (Lipinski definition) is 0. The minimum Gasteiger partial charge on any atom is -0.156 e. The van der Waals surface area contributed by atoms with Crippen LogP contribution in [-0.4, -0.2) is 18.0 Å². The Hall–Kier alpha value is 0.105. The molecule has 40 valence electrons. The Balaban J connectivity index is 2.84. The summed E-state index contributed by atoms with van der Waals surface area (Å²) in [6.07, 6.45) is 0. The van der Waals surface area contributed by atoms with E-state index in [4.69, 9.17) is 7.85 Å². The molecule has 0 atom stereocenters. The van der Waals surface area contributed by atoms with Gasteiger partial charge in [-0.3, -0.25) is 0 Å². The molecule has 2 radical (unpaired) electrons. The molecule has 0 saturated carbocycles. The first-order valence-corrected chi connectivity index (χ1v) is 3.90. The first kappa shape index (κ1) is 6.23. The first-order chi connectivity index (χ1) is 3.83. The highest BCUT2D eigenvalue weighted by atomic mass is 79.9. The first-order valence-electron chi connectivity index (χ1n) is 1.96. The van der Waals surface area contributed by atoms with E-state index in [1.807, 2.05) is 0 Å². The van der Waals surface area contributed by atoms with Gasteiger partial charge in [0.25, 0.3) is 0 Å². The number of alkyl halides is 1. The lowest BCUT2D eigenvalue weighted by atomic mass is 10.2. The van der Waals surface area contributed by atoms with Gasteiger partial charge in [-0.05, 0) is 0 Å². The van der Waals surface area contributed by atoms with Crippen molar-refractivity contribution in [3.05, 3.63) is 5.01 Å². The summed E-state index contributed by atoms with van der Waals surface area (Å²) in [6.45, 7) is 0.